The number of benzene rings is 2. The molecule has 114 valence electrons. The highest BCUT2D eigenvalue weighted by molar-refractivity contribution is 5.90. The minimum atomic E-state index is -0.657. The number of hydrogen-bond donors (Lipinski definition) is 3. The Kier molecular flexibility index (Phi) is 5.21. The minimum absolute atomic E-state index is 0.210. The Morgan fingerprint density at radius 1 is 1.18 bits per heavy atom. The van der Waals surface area contributed by atoms with Gasteiger partial charge in [-0.25, -0.2) is 14.3 Å². The number of hydrogen-bond acceptors (Lipinski definition) is 3. The average molecular weight is 304 g/mol. The molecule has 0 aromatic heterocycles. The van der Waals surface area contributed by atoms with Crippen LogP contribution in [0.2, 0.25) is 0 Å². The van der Waals surface area contributed by atoms with Crippen molar-refractivity contribution >= 4 is 17.7 Å². The molecule has 0 saturated heterocycles. The summed E-state index contributed by atoms with van der Waals surface area (Å²) in [4.78, 5) is 10.9. The zero-order valence-electron chi connectivity index (χ0n) is 11.5. The number of carbonyl (C=O) groups excluding carboxylic acids is 1. The van der Waals surface area contributed by atoms with Crippen LogP contribution in [0.3, 0.4) is 0 Å². The predicted molar refractivity (Wildman–Crippen MR) is 79.1 cm³/mol. The highest BCUT2D eigenvalue weighted by Gasteiger charge is 2.03. The maximum atomic E-state index is 13.5. The lowest BCUT2D eigenvalue weighted by Crippen LogP contribution is -2.14. The topological polar surface area (TPSA) is 61.4 Å². The number of hydroxylamine groups is 1. The first-order valence-electron chi connectivity index (χ1n) is 6.48. The van der Waals surface area contributed by atoms with E-state index in [9.17, 15) is 13.6 Å². The summed E-state index contributed by atoms with van der Waals surface area (Å²) in [6, 6.07) is 10.5. The first-order chi connectivity index (χ1) is 10.6. The number of rotatable bonds is 5. The first-order valence-corrected chi connectivity index (χ1v) is 6.48. The van der Waals surface area contributed by atoms with Gasteiger partial charge in [0.25, 0.3) is 5.91 Å². The molecule has 22 heavy (non-hydrogen) atoms. The van der Waals surface area contributed by atoms with Crippen LogP contribution in [0.25, 0.3) is 6.08 Å². The molecule has 6 heteroatoms. The fourth-order valence-electron chi connectivity index (χ4n) is 1.85. The maximum absolute atomic E-state index is 13.5. The molecule has 2 aromatic rings. The van der Waals surface area contributed by atoms with Gasteiger partial charge in [-0.1, -0.05) is 18.2 Å². The average Bonchev–Trinajstić information content (AvgIpc) is 2.52. The summed E-state index contributed by atoms with van der Waals surface area (Å²) in [6.45, 7) is 0.344. The highest BCUT2D eigenvalue weighted by Crippen LogP contribution is 2.16. The van der Waals surface area contributed by atoms with E-state index < -0.39 is 17.5 Å². The predicted octanol–water partition coefficient (Wildman–Crippen LogP) is 3.10. The number of anilines is 1. The van der Waals surface area contributed by atoms with Crippen molar-refractivity contribution in [3.8, 4) is 0 Å². The molecule has 0 saturated carbocycles. The second-order valence-electron chi connectivity index (χ2n) is 4.53. The van der Waals surface area contributed by atoms with Crippen LogP contribution in [0.15, 0.2) is 48.5 Å². The van der Waals surface area contributed by atoms with Crippen LogP contribution in [0.5, 0.6) is 0 Å². The minimum Gasteiger partial charge on any atom is -0.379 e. The van der Waals surface area contributed by atoms with Crippen molar-refractivity contribution in [1.82, 2.24) is 5.48 Å². The molecule has 4 nitrogen and oxygen atoms in total. The van der Waals surface area contributed by atoms with Crippen LogP contribution in [-0.4, -0.2) is 11.1 Å². The molecule has 1 amide bonds. The van der Waals surface area contributed by atoms with Gasteiger partial charge in [0.05, 0.1) is 5.69 Å². The molecule has 2 rings (SSSR count). The largest absolute Gasteiger partial charge is 0.379 e. The van der Waals surface area contributed by atoms with Crippen molar-refractivity contribution in [3.05, 3.63) is 71.3 Å². The monoisotopic (exact) mass is 304 g/mol. The van der Waals surface area contributed by atoms with Gasteiger partial charge >= 0.3 is 0 Å². The van der Waals surface area contributed by atoms with Gasteiger partial charge in [0.15, 0.2) is 0 Å². The van der Waals surface area contributed by atoms with E-state index in [1.54, 1.807) is 18.2 Å². The van der Waals surface area contributed by atoms with Crippen LogP contribution in [0, 0.1) is 11.6 Å². The Morgan fingerprint density at radius 3 is 2.73 bits per heavy atom. The Bertz CT molecular complexity index is 702. The Labute approximate surface area is 126 Å². The van der Waals surface area contributed by atoms with Crippen LogP contribution < -0.4 is 10.8 Å². The van der Waals surface area contributed by atoms with Gasteiger partial charge in [0.1, 0.15) is 11.6 Å². The summed E-state index contributed by atoms with van der Waals surface area (Å²) in [5, 5.41) is 11.3. The maximum Gasteiger partial charge on any atom is 0.267 e. The summed E-state index contributed by atoms with van der Waals surface area (Å²) < 4.78 is 26.3. The summed E-state index contributed by atoms with van der Waals surface area (Å²) >= 11 is 0. The van der Waals surface area contributed by atoms with Gasteiger partial charge in [-0.2, -0.15) is 0 Å². The molecule has 0 radical (unpaired) electrons. The molecule has 0 aliphatic carbocycles. The third-order valence-electron chi connectivity index (χ3n) is 2.90. The van der Waals surface area contributed by atoms with Crippen LogP contribution >= 0.6 is 0 Å². The van der Waals surface area contributed by atoms with Gasteiger partial charge in [-0.15, -0.1) is 0 Å². The fraction of sp³-hybridized carbons (Fsp3) is 0.0625. The summed E-state index contributed by atoms with van der Waals surface area (Å²) in [5.41, 5.74) is 3.32. The summed E-state index contributed by atoms with van der Waals surface area (Å²) in [6.07, 6.45) is 2.72. The highest BCUT2D eigenvalue weighted by atomic mass is 19.1. The lowest BCUT2D eigenvalue weighted by molar-refractivity contribution is -0.124. The summed E-state index contributed by atoms with van der Waals surface area (Å²) in [7, 11) is 0. The Hall–Kier alpha value is -2.73. The number of amides is 1. The van der Waals surface area contributed by atoms with Crippen molar-refractivity contribution in [2.75, 3.05) is 5.32 Å². The molecule has 0 fully saturated rings. The van der Waals surface area contributed by atoms with Crippen molar-refractivity contribution in [2.24, 2.45) is 0 Å². The van der Waals surface area contributed by atoms with E-state index in [-0.39, 0.29) is 5.69 Å². The van der Waals surface area contributed by atoms with Crippen molar-refractivity contribution < 1.29 is 18.8 Å². The standard InChI is InChI=1S/C16H14F2N2O2/c17-13-5-6-15(14(18)9-13)19-10-12-3-1-2-11(8-12)4-7-16(21)20-22/h1-9,19,22H,10H2,(H,20,21)/b7-4+. The zero-order valence-corrected chi connectivity index (χ0v) is 11.5. The molecule has 0 unspecified atom stereocenters. The lowest BCUT2D eigenvalue weighted by atomic mass is 10.1. The van der Waals surface area contributed by atoms with Gasteiger partial charge in [-0.3, -0.25) is 10.0 Å². The fourth-order valence-corrected chi connectivity index (χ4v) is 1.85. The zero-order chi connectivity index (χ0) is 15.9. The summed E-state index contributed by atoms with van der Waals surface area (Å²) in [5.74, 6) is -1.91. The normalized spacial score (nSPS) is 10.7. The van der Waals surface area contributed by atoms with Crippen molar-refractivity contribution in [2.45, 2.75) is 6.54 Å². The third-order valence-corrected chi connectivity index (χ3v) is 2.90. The third kappa shape index (κ3) is 4.39. The smallest absolute Gasteiger partial charge is 0.267 e. The van der Waals surface area contributed by atoms with Gasteiger partial charge < -0.3 is 5.32 Å². The van der Waals surface area contributed by atoms with Gasteiger partial charge in [0.2, 0.25) is 0 Å². The molecular weight excluding hydrogens is 290 g/mol. The quantitative estimate of drug-likeness (QED) is 0.452. The Balaban J connectivity index is 2.04. The molecule has 3 N–H and O–H groups in total. The molecule has 0 spiro atoms. The van der Waals surface area contributed by atoms with Gasteiger partial charge in [-0.05, 0) is 35.4 Å². The molecule has 0 heterocycles. The van der Waals surface area contributed by atoms with E-state index in [2.05, 4.69) is 5.32 Å². The second-order valence-corrected chi connectivity index (χ2v) is 4.53. The number of halogens is 2. The molecule has 0 aliphatic rings. The molecule has 0 bridgehead atoms. The SMILES string of the molecule is O=C(/C=C/c1cccc(CNc2ccc(F)cc2F)c1)NO. The van der Waals surface area contributed by atoms with Crippen molar-refractivity contribution in [1.29, 1.82) is 0 Å². The molecule has 0 aliphatic heterocycles. The van der Waals surface area contributed by atoms with E-state index in [0.29, 0.717) is 6.54 Å². The number of carbonyl (C=O) groups is 1. The van der Waals surface area contributed by atoms with Crippen LogP contribution in [-0.2, 0) is 11.3 Å². The van der Waals surface area contributed by atoms with Crippen LogP contribution in [0.1, 0.15) is 11.1 Å². The molecule has 0 atom stereocenters. The van der Waals surface area contributed by atoms with E-state index in [1.807, 2.05) is 6.07 Å². The van der Waals surface area contributed by atoms with E-state index in [0.717, 1.165) is 17.2 Å². The first kappa shape index (κ1) is 15.7. The lowest BCUT2D eigenvalue weighted by Gasteiger charge is -2.08. The second kappa shape index (κ2) is 7.33. The molecular formula is C16H14F2N2O2. The Morgan fingerprint density at radius 2 is 2.00 bits per heavy atom. The van der Waals surface area contributed by atoms with E-state index >= 15 is 0 Å². The van der Waals surface area contributed by atoms with Crippen LogP contribution in [0.4, 0.5) is 14.5 Å². The number of nitrogens with one attached hydrogen (secondary N) is 2. The van der Waals surface area contributed by atoms with Gasteiger partial charge in [0, 0.05) is 18.7 Å². The van der Waals surface area contributed by atoms with Crippen molar-refractivity contribution in [3.63, 3.8) is 0 Å². The molecule has 2 aromatic carbocycles. The van der Waals surface area contributed by atoms with E-state index in [1.165, 1.54) is 29.8 Å². The van der Waals surface area contributed by atoms with E-state index in [4.69, 9.17) is 5.21 Å².